The molecule has 0 fully saturated rings. The van der Waals surface area contributed by atoms with Crippen LogP contribution in [-0.4, -0.2) is 30.4 Å². The molecule has 1 aromatic carbocycles. The van der Waals surface area contributed by atoms with E-state index in [4.69, 9.17) is 11.6 Å². The van der Waals surface area contributed by atoms with Gasteiger partial charge in [0.25, 0.3) is 5.91 Å². The molecule has 0 aliphatic heterocycles. The maximum absolute atomic E-state index is 13.7. The van der Waals surface area contributed by atoms with Crippen molar-refractivity contribution < 1.29 is 22.0 Å². The molecule has 0 unspecified atom stereocenters. The summed E-state index contributed by atoms with van der Waals surface area (Å²) in [5.74, 6) is -3.29. The topological polar surface area (TPSA) is 54.5 Å². The fourth-order valence-electron chi connectivity index (χ4n) is 1.75. The van der Waals surface area contributed by atoms with Gasteiger partial charge in [-0.3, -0.25) is 4.79 Å². The molecule has 0 spiro atoms. The maximum Gasteiger partial charge on any atom is 0.270 e. The zero-order valence-electron chi connectivity index (χ0n) is 11.4. The van der Waals surface area contributed by atoms with Crippen molar-refractivity contribution in [1.29, 1.82) is 0 Å². The summed E-state index contributed by atoms with van der Waals surface area (Å²) in [4.78, 5) is 12.2. The van der Waals surface area contributed by atoms with Crippen LogP contribution in [0.15, 0.2) is 12.1 Å². The maximum atomic E-state index is 13.7. The molecule has 1 amide bonds. The smallest absolute Gasteiger partial charge is 0.268 e. The zero-order chi connectivity index (χ0) is 15.9. The van der Waals surface area contributed by atoms with Crippen molar-refractivity contribution in [3.05, 3.63) is 34.4 Å². The van der Waals surface area contributed by atoms with Crippen LogP contribution in [0, 0.1) is 11.6 Å². The van der Waals surface area contributed by atoms with Gasteiger partial charge in [-0.05, 0) is 26.8 Å². The average Bonchev–Trinajstić information content (AvgIpc) is 2.18. The largest absolute Gasteiger partial charge is 0.270 e. The van der Waals surface area contributed by atoms with E-state index in [0.29, 0.717) is 10.4 Å². The van der Waals surface area contributed by atoms with E-state index in [1.54, 1.807) is 0 Å². The summed E-state index contributed by atoms with van der Waals surface area (Å²) in [7, 11) is -3.93. The molecule has 0 bridgehead atoms. The highest BCUT2D eigenvalue weighted by atomic mass is 35.5. The molecule has 0 saturated heterocycles. The summed E-state index contributed by atoms with van der Waals surface area (Å²) in [6, 6.07) is 1.22. The monoisotopic (exact) mass is 325 g/mol. The molecule has 0 aliphatic rings. The van der Waals surface area contributed by atoms with Crippen molar-refractivity contribution >= 4 is 27.5 Å². The lowest BCUT2D eigenvalue weighted by Crippen LogP contribution is -2.49. The molecule has 0 radical (unpaired) electrons. The van der Waals surface area contributed by atoms with Crippen LogP contribution in [0.25, 0.3) is 0 Å². The fourth-order valence-corrected chi connectivity index (χ4v) is 3.31. The first-order chi connectivity index (χ1) is 8.85. The van der Waals surface area contributed by atoms with E-state index in [-0.39, 0.29) is 0 Å². The normalized spacial score (nSPS) is 12.3. The lowest BCUT2D eigenvalue weighted by molar-refractivity contribution is 0.0770. The molecule has 0 saturated carbocycles. The molecule has 0 N–H and O–H groups in total. The molecule has 0 aliphatic carbocycles. The van der Waals surface area contributed by atoms with Crippen molar-refractivity contribution in [2.45, 2.75) is 26.3 Å². The number of hydrogen-bond acceptors (Lipinski definition) is 3. The molecule has 8 heteroatoms. The Balaban J connectivity index is 3.46. The number of benzene rings is 1. The van der Waals surface area contributed by atoms with Gasteiger partial charge in [-0.25, -0.2) is 21.5 Å². The van der Waals surface area contributed by atoms with Crippen LogP contribution in [0.1, 0.15) is 31.1 Å². The van der Waals surface area contributed by atoms with Crippen molar-refractivity contribution in [3.63, 3.8) is 0 Å². The Morgan fingerprint density at radius 1 is 1.20 bits per heavy atom. The van der Waals surface area contributed by atoms with Gasteiger partial charge >= 0.3 is 0 Å². The lowest BCUT2D eigenvalue weighted by Gasteiger charge is -2.33. The third kappa shape index (κ3) is 3.46. The summed E-state index contributed by atoms with van der Waals surface area (Å²) in [6.45, 7) is 4.44. The summed E-state index contributed by atoms with van der Waals surface area (Å²) in [6.07, 6.45) is 0.833. The second-order valence-corrected chi connectivity index (χ2v) is 7.49. The molecule has 4 nitrogen and oxygen atoms in total. The van der Waals surface area contributed by atoms with E-state index in [9.17, 15) is 22.0 Å². The van der Waals surface area contributed by atoms with Crippen LogP contribution in [0.3, 0.4) is 0 Å². The average molecular weight is 326 g/mol. The first-order valence-electron chi connectivity index (χ1n) is 5.55. The number of amides is 1. The number of carbonyl (C=O) groups excluding carboxylic acids is 1. The molecule has 0 heterocycles. The predicted molar refractivity (Wildman–Crippen MR) is 72.1 cm³/mol. The first kappa shape index (κ1) is 16.8. The third-order valence-electron chi connectivity index (χ3n) is 2.37. The number of nitrogens with zero attached hydrogens (tertiary/aromatic N) is 1. The van der Waals surface area contributed by atoms with Crippen molar-refractivity contribution in [2.75, 3.05) is 6.26 Å². The molecule has 112 valence electrons. The number of hydrogen-bond donors (Lipinski definition) is 0. The highest BCUT2D eigenvalue weighted by Crippen LogP contribution is 2.25. The SMILES string of the molecule is CC(C)(C)N(C(=O)c1cc(Cl)c(F)cc1F)S(C)(=O)=O. The summed E-state index contributed by atoms with van der Waals surface area (Å²) >= 11 is 5.50. The van der Waals surface area contributed by atoms with Gasteiger partial charge in [0.1, 0.15) is 11.6 Å². The van der Waals surface area contributed by atoms with Crippen LogP contribution < -0.4 is 0 Å². The molecule has 0 atom stereocenters. The molecular formula is C12H14ClF2NO3S. The Kier molecular flexibility index (Phi) is 4.46. The minimum atomic E-state index is -3.93. The quantitative estimate of drug-likeness (QED) is 0.786. The van der Waals surface area contributed by atoms with Crippen molar-refractivity contribution in [1.82, 2.24) is 4.31 Å². The van der Waals surface area contributed by atoms with E-state index in [0.717, 1.165) is 12.3 Å². The molecule has 1 aromatic rings. The van der Waals surface area contributed by atoms with E-state index in [1.165, 1.54) is 20.8 Å². The van der Waals surface area contributed by atoms with E-state index >= 15 is 0 Å². The van der Waals surface area contributed by atoms with Crippen LogP contribution in [0.4, 0.5) is 8.78 Å². The van der Waals surface area contributed by atoms with Gasteiger partial charge in [0.15, 0.2) is 0 Å². The number of rotatable bonds is 2. The summed E-state index contributed by atoms with van der Waals surface area (Å²) in [5.41, 5.74) is -1.70. The Morgan fingerprint density at radius 3 is 2.10 bits per heavy atom. The molecular weight excluding hydrogens is 312 g/mol. The standard InChI is InChI=1S/C12H14ClF2NO3S/c1-12(2,3)16(20(4,18)19)11(17)7-5-8(13)10(15)6-9(7)14/h5-6H,1-4H3. The highest BCUT2D eigenvalue weighted by Gasteiger charge is 2.36. The van der Waals surface area contributed by atoms with Gasteiger partial charge in [-0.15, -0.1) is 0 Å². The van der Waals surface area contributed by atoms with E-state index < -0.39 is 43.7 Å². The Labute approximate surface area is 121 Å². The third-order valence-corrected chi connectivity index (χ3v) is 4.03. The first-order valence-corrected chi connectivity index (χ1v) is 7.77. The predicted octanol–water partition coefficient (Wildman–Crippen LogP) is 2.82. The van der Waals surface area contributed by atoms with E-state index in [1.807, 2.05) is 0 Å². The van der Waals surface area contributed by atoms with E-state index in [2.05, 4.69) is 0 Å². The van der Waals surface area contributed by atoms with Gasteiger partial charge in [-0.1, -0.05) is 11.6 Å². The van der Waals surface area contributed by atoms with Gasteiger partial charge in [0, 0.05) is 6.07 Å². The van der Waals surface area contributed by atoms with Crippen LogP contribution in [0.5, 0.6) is 0 Å². The van der Waals surface area contributed by atoms with Crippen molar-refractivity contribution in [3.8, 4) is 0 Å². The summed E-state index contributed by atoms with van der Waals surface area (Å²) < 4.78 is 50.8. The Bertz CT molecular complexity index is 653. The Morgan fingerprint density at radius 2 is 1.70 bits per heavy atom. The second-order valence-electron chi connectivity index (χ2n) is 5.25. The van der Waals surface area contributed by atoms with Gasteiger partial charge in [0.05, 0.1) is 22.4 Å². The number of sulfonamides is 1. The molecule has 1 rings (SSSR count). The fraction of sp³-hybridized carbons (Fsp3) is 0.417. The minimum absolute atomic E-state index is 0.443. The summed E-state index contributed by atoms with van der Waals surface area (Å²) in [5, 5.41) is -0.461. The molecule has 20 heavy (non-hydrogen) atoms. The number of carbonyl (C=O) groups is 1. The van der Waals surface area contributed by atoms with Crippen LogP contribution in [-0.2, 0) is 10.0 Å². The Hall–Kier alpha value is -1.21. The second kappa shape index (κ2) is 5.29. The molecule has 0 aromatic heterocycles. The van der Waals surface area contributed by atoms with Gasteiger partial charge < -0.3 is 0 Å². The lowest BCUT2D eigenvalue weighted by atomic mass is 10.1. The zero-order valence-corrected chi connectivity index (χ0v) is 12.9. The number of halogens is 3. The van der Waals surface area contributed by atoms with Crippen LogP contribution in [0.2, 0.25) is 5.02 Å². The van der Waals surface area contributed by atoms with Gasteiger partial charge in [-0.2, -0.15) is 0 Å². The minimum Gasteiger partial charge on any atom is -0.268 e. The van der Waals surface area contributed by atoms with Crippen molar-refractivity contribution in [2.24, 2.45) is 0 Å². The highest BCUT2D eigenvalue weighted by molar-refractivity contribution is 7.89. The van der Waals surface area contributed by atoms with Gasteiger partial charge in [0.2, 0.25) is 10.0 Å². The van der Waals surface area contributed by atoms with Crippen LogP contribution >= 0.6 is 11.6 Å².